The molecule has 0 amide bonds. The van der Waals surface area contributed by atoms with Crippen molar-refractivity contribution in [2.75, 3.05) is 7.11 Å². The fraction of sp³-hybridized carbons (Fsp3) is 0.0625. The first-order valence-corrected chi connectivity index (χ1v) is 6.31. The summed E-state index contributed by atoms with van der Waals surface area (Å²) in [5.74, 6) is 0.567. The van der Waals surface area contributed by atoms with Crippen molar-refractivity contribution in [3.63, 3.8) is 0 Å². The van der Waals surface area contributed by atoms with Gasteiger partial charge in [0.25, 0.3) is 0 Å². The quantitative estimate of drug-likeness (QED) is 0.584. The number of ether oxygens (including phenoxy) is 1. The lowest BCUT2D eigenvalue weighted by atomic mass is 9.95. The standard InChI is InChI=1S/C16H16N4O/c1-21-16(12-3-2-8-20-10-12)13-9-11(4-5-15(13)19)14(18)6-7-17/h2-10,17,19H,18H2,1H3/b14-6?,16-13-,17-7?,19-15?. The predicted octanol–water partition coefficient (Wildman–Crippen LogP) is 2.45. The zero-order chi connectivity index (χ0) is 15.2. The second-order valence-electron chi connectivity index (χ2n) is 4.32. The van der Waals surface area contributed by atoms with Crippen molar-refractivity contribution in [2.45, 2.75) is 0 Å². The SMILES string of the molecule is CO/C(=C1/C=C(C(N)=CC=N)C=CC1=N)c1cccnc1. The van der Waals surface area contributed by atoms with E-state index < -0.39 is 0 Å². The summed E-state index contributed by atoms with van der Waals surface area (Å²) in [4.78, 5) is 4.07. The van der Waals surface area contributed by atoms with Crippen molar-refractivity contribution in [1.82, 2.24) is 4.98 Å². The number of aromatic nitrogens is 1. The van der Waals surface area contributed by atoms with Gasteiger partial charge in [0.2, 0.25) is 0 Å². The van der Waals surface area contributed by atoms with Crippen LogP contribution in [0.5, 0.6) is 0 Å². The summed E-state index contributed by atoms with van der Waals surface area (Å²) < 4.78 is 5.45. The summed E-state index contributed by atoms with van der Waals surface area (Å²) in [6.07, 6.45) is 11.2. The van der Waals surface area contributed by atoms with Crippen LogP contribution in [-0.4, -0.2) is 24.0 Å². The Labute approximate surface area is 123 Å². The van der Waals surface area contributed by atoms with E-state index in [2.05, 4.69) is 4.98 Å². The summed E-state index contributed by atoms with van der Waals surface area (Å²) >= 11 is 0. The Morgan fingerprint density at radius 3 is 2.81 bits per heavy atom. The van der Waals surface area contributed by atoms with Gasteiger partial charge in [-0.3, -0.25) is 4.98 Å². The number of nitrogens with zero attached hydrogens (tertiary/aromatic N) is 1. The topological polar surface area (TPSA) is 95.8 Å². The van der Waals surface area contributed by atoms with Gasteiger partial charge in [-0.1, -0.05) is 6.08 Å². The Morgan fingerprint density at radius 2 is 2.19 bits per heavy atom. The van der Waals surface area contributed by atoms with Crippen LogP contribution < -0.4 is 5.73 Å². The fourth-order valence-corrected chi connectivity index (χ4v) is 1.98. The van der Waals surface area contributed by atoms with Gasteiger partial charge in [0.05, 0.1) is 12.8 Å². The van der Waals surface area contributed by atoms with Crippen molar-refractivity contribution in [3.05, 3.63) is 71.2 Å². The molecule has 5 heteroatoms. The Hall–Kier alpha value is -2.95. The lowest BCUT2D eigenvalue weighted by Crippen LogP contribution is -2.09. The molecule has 1 aromatic rings. The number of hydrogen-bond donors (Lipinski definition) is 3. The van der Waals surface area contributed by atoms with E-state index in [1.807, 2.05) is 12.1 Å². The molecule has 4 N–H and O–H groups in total. The minimum absolute atomic E-state index is 0.335. The van der Waals surface area contributed by atoms with Gasteiger partial charge >= 0.3 is 0 Å². The number of pyridine rings is 1. The van der Waals surface area contributed by atoms with Crippen LogP contribution in [0, 0.1) is 10.8 Å². The molecular weight excluding hydrogens is 264 g/mol. The van der Waals surface area contributed by atoms with Gasteiger partial charge in [0.1, 0.15) is 5.76 Å². The highest BCUT2D eigenvalue weighted by Crippen LogP contribution is 2.26. The monoisotopic (exact) mass is 280 g/mol. The predicted molar refractivity (Wildman–Crippen MR) is 84.2 cm³/mol. The maximum Gasteiger partial charge on any atom is 0.137 e. The molecule has 0 unspecified atom stereocenters. The average Bonchev–Trinajstić information content (AvgIpc) is 2.51. The van der Waals surface area contributed by atoms with Crippen LogP contribution in [0.25, 0.3) is 5.76 Å². The van der Waals surface area contributed by atoms with Gasteiger partial charge in [-0.25, -0.2) is 0 Å². The summed E-state index contributed by atoms with van der Waals surface area (Å²) in [6, 6.07) is 3.68. The van der Waals surface area contributed by atoms with Crippen LogP contribution in [0.1, 0.15) is 5.56 Å². The normalized spacial score (nSPS) is 17.3. The van der Waals surface area contributed by atoms with E-state index in [1.165, 1.54) is 6.08 Å². The van der Waals surface area contributed by atoms with Crippen LogP contribution in [-0.2, 0) is 4.74 Å². The maximum atomic E-state index is 8.07. The number of allylic oxidation sites excluding steroid dienone is 5. The Bertz CT molecular complexity index is 681. The van der Waals surface area contributed by atoms with Crippen LogP contribution >= 0.6 is 0 Å². The van der Waals surface area contributed by atoms with Crippen molar-refractivity contribution in [1.29, 1.82) is 10.8 Å². The largest absolute Gasteiger partial charge is 0.495 e. The molecule has 0 saturated carbocycles. The Morgan fingerprint density at radius 1 is 1.38 bits per heavy atom. The molecule has 0 spiro atoms. The molecule has 2 rings (SSSR count). The van der Waals surface area contributed by atoms with Gasteiger partial charge in [-0.2, -0.15) is 0 Å². The molecule has 0 aromatic carbocycles. The molecule has 0 atom stereocenters. The minimum Gasteiger partial charge on any atom is -0.495 e. The van der Waals surface area contributed by atoms with E-state index in [-0.39, 0.29) is 0 Å². The first kappa shape index (κ1) is 14.5. The van der Waals surface area contributed by atoms with Crippen molar-refractivity contribution >= 4 is 17.7 Å². The van der Waals surface area contributed by atoms with E-state index in [1.54, 1.807) is 37.7 Å². The van der Waals surface area contributed by atoms with Gasteiger partial charge in [-0.15, -0.1) is 0 Å². The van der Waals surface area contributed by atoms with Crippen LogP contribution in [0.15, 0.2) is 65.7 Å². The summed E-state index contributed by atoms with van der Waals surface area (Å²) in [7, 11) is 1.56. The lowest BCUT2D eigenvalue weighted by Gasteiger charge is -2.15. The average molecular weight is 280 g/mol. The number of hydrogen-bond acceptors (Lipinski definition) is 5. The van der Waals surface area contributed by atoms with Crippen LogP contribution in [0.2, 0.25) is 0 Å². The summed E-state index contributed by atoms with van der Waals surface area (Å²) in [5, 5.41) is 15.1. The Balaban J connectivity index is 2.56. The highest BCUT2D eigenvalue weighted by Gasteiger charge is 2.16. The number of methoxy groups -OCH3 is 1. The maximum absolute atomic E-state index is 8.07. The molecule has 1 heterocycles. The molecule has 0 fully saturated rings. The lowest BCUT2D eigenvalue weighted by molar-refractivity contribution is 0.368. The molecule has 0 radical (unpaired) electrons. The third-order valence-corrected chi connectivity index (χ3v) is 2.99. The highest BCUT2D eigenvalue weighted by molar-refractivity contribution is 6.14. The molecule has 0 bridgehead atoms. The van der Waals surface area contributed by atoms with Gasteiger partial charge < -0.3 is 21.3 Å². The van der Waals surface area contributed by atoms with E-state index >= 15 is 0 Å². The molecule has 1 aliphatic rings. The first-order chi connectivity index (χ1) is 10.2. The minimum atomic E-state index is 0.335. The molecule has 0 aliphatic heterocycles. The number of nitrogens with two attached hydrogens (primary N) is 1. The number of rotatable bonds is 4. The molecule has 5 nitrogen and oxygen atoms in total. The zero-order valence-electron chi connectivity index (χ0n) is 11.6. The first-order valence-electron chi connectivity index (χ1n) is 6.31. The molecule has 106 valence electrons. The van der Waals surface area contributed by atoms with Crippen molar-refractivity contribution in [2.24, 2.45) is 5.73 Å². The smallest absolute Gasteiger partial charge is 0.137 e. The molecule has 21 heavy (non-hydrogen) atoms. The second-order valence-corrected chi connectivity index (χ2v) is 4.32. The fourth-order valence-electron chi connectivity index (χ4n) is 1.98. The third kappa shape index (κ3) is 3.14. The molecule has 0 saturated heterocycles. The third-order valence-electron chi connectivity index (χ3n) is 2.99. The van der Waals surface area contributed by atoms with E-state index in [0.29, 0.717) is 22.7 Å². The van der Waals surface area contributed by atoms with Crippen LogP contribution in [0.3, 0.4) is 0 Å². The van der Waals surface area contributed by atoms with Gasteiger partial charge in [0, 0.05) is 35.4 Å². The second kappa shape index (κ2) is 6.47. The summed E-state index contributed by atoms with van der Waals surface area (Å²) in [6.45, 7) is 0. The van der Waals surface area contributed by atoms with Crippen molar-refractivity contribution < 1.29 is 4.74 Å². The van der Waals surface area contributed by atoms with E-state index in [4.69, 9.17) is 21.3 Å². The van der Waals surface area contributed by atoms with E-state index in [9.17, 15) is 0 Å². The van der Waals surface area contributed by atoms with Gasteiger partial charge in [-0.05, 0) is 35.9 Å². The van der Waals surface area contributed by atoms with Crippen LogP contribution in [0.4, 0.5) is 0 Å². The van der Waals surface area contributed by atoms with E-state index in [0.717, 1.165) is 17.4 Å². The Kier molecular flexibility index (Phi) is 4.46. The highest BCUT2D eigenvalue weighted by atomic mass is 16.5. The van der Waals surface area contributed by atoms with Crippen molar-refractivity contribution in [3.8, 4) is 0 Å². The van der Waals surface area contributed by atoms with Gasteiger partial charge in [0.15, 0.2) is 0 Å². The summed E-state index contributed by atoms with van der Waals surface area (Å²) in [5.41, 5.74) is 8.85. The number of nitrogens with one attached hydrogen (secondary N) is 2. The molecule has 1 aromatic heterocycles. The molecular formula is C16H16N4O. The molecule has 1 aliphatic carbocycles. The zero-order valence-corrected chi connectivity index (χ0v) is 11.6.